The molecule has 4 amide bonds. The number of aromatic nitrogens is 2. The zero-order valence-corrected chi connectivity index (χ0v) is 27.3. The summed E-state index contributed by atoms with van der Waals surface area (Å²) < 4.78 is 5.98. The number of urea groups is 1. The Labute approximate surface area is 275 Å². The molecule has 46 heavy (non-hydrogen) atoms. The van der Waals surface area contributed by atoms with Crippen LogP contribution in [0.4, 0.5) is 32.6 Å². The molecule has 4 N–H and O–H groups in total. The molecule has 0 spiro atoms. The van der Waals surface area contributed by atoms with Crippen molar-refractivity contribution in [3.8, 4) is 18.2 Å². The topological polar surface area (TPSA) is 156 Å². The van der Waals surface area contributed by atoms with Gasteiger partial charge >= 0.3 is 12.1 Å². The highest BCUT2D eigenvalue weighted by Crippen LogP contribution is 2.28. The van der Waals surface area contributed by atoms with Crippen molar-refractivity contribution >= 4 is 57.0 Å². The van der Waals surface area contributed by atoms with Crippen LogP contribution in [-0.2, 0) is 21.0 Å². The predicted octanol–water partition coefficient (Wildman–Crippen LogP) is 5.63. The minimum atomic E-state index is -1.04. The van der Waals surface area contributed by atoms with E-state index < -0.39 is 23.6 Å². The molecule has 0 saturated carbocycles. The largest absolute Gasteiger partial charge is 0.464 e. The van der Waals surface area contributed by atoms with Gasteiger partial charge in [-0.15, -0.1) is 6.42 Å². The van der Waals surface area contributed by atoms with Gasteiger partial charge in [-0.1, -0.05) is 36.3 Å². The Morgan fingerprint density at radius 3 is 2.39 bits per heavy atom. The van der Waals surface area contributed by atoms with Crippen LogP contribution in [0.25, 0.3) is 0 Å². The van der Waals surface area contributed by atoms with Crippen LogP contribution in [-0.4, -0.2) is 64.2 Å². The first-order valence-electron chi connectivity index (χ1n) is 14.6. The quantitative estimate of drug-likeness (QED) is 0.114. The van der Waals surface area contributed by atoms with Crippen molar-refractivity contribution in [2.24, 2.45) is 0 Å². The normalized spacial score (nSPS) is 13.2. The van der Waals surface area contributed by atoms with E-state index >= 15 is 0 Å². The van der Waals surface area contributed by atoms with Crippen LogP contribution in [0.15, 0.2) is 59.2 Å². The van der Waals surface area contributed by atoms with Gasteiger partial charge in [0.1, 0.15) is 11.6 Å². The van der Waals surface area contributed by atoms with Crippen molar-refractivity contribution in [2.45, 2.75) is 51.7 Å². The second-order valence-electron chi connectivity index (χ2n) is 11.3. The van der Waals surface area contributed by atoms with Gasteiger partial charge in [0.2, 0.25) is 17.7 Å². The van der Waals surface area contributed by atoms with Crippen LogP contribution in [0.1, 0.15) is 39.2 Å². The van der Waals surface area contributed by atoms with Crippen LogP contribution in [0.5, 0.6) is 5.88 Å². The van der Waals surface area contributed by atoms with Crippen LogP contribution >= 0.6 is 15.9 Å². The molecular formula is C32H36BrN7O6. The van der Waals surface area contributed by atoms with E-state index in [4.69, 9.17) is 20.9 Å². The number of ether oxygens (including phenoxy) is 1. The lowest BCUT2D eigenvalue weighted by molar-refractivity contribution is -0.300. The lowest BCUT2D eigenvalue weighted by Crippen LogP contribution is -2.46. The summed E-state index contributed by atoms with van der Waals surface area (Å²) in [6.45, 7) is 6.49. The average Bonchev–Trinajstić information content (AvgIpc) is 3.56. The molecule has 0 radical (unpaired) electrons. The van der Waals surface area contributed by atoms with Gasteiger partial charge in [-0.05, 0) is 73.3 Å². The van der Waals surface area contributed by atoms with Crippen LogP contribution in [0, 0.1) is 12.3 Å². The van der Waals surface area contributed by atoms with Crippen molar-refractivity contribution < 1.29 is 28.9 Å². The average molecular weight is 695 g/mol. The Bertz CT molecular complexity index is 1570. The lowest BCUT2D eigenvalue weighted by Gasteiger charge is -2.21. The molecule has 242 valence electrons. The van der Waals surface area contributed by atoms with E-state index in [1.807, 2.05) is 30.3 Å². The first kappa shape index (κ1) is 34.0. The zero-order valence-electron chi connectivity index (χ0n) is 25.8. The number of terminal acetylenes is 1. The number of carbonyl (C=O) groups is 3. The molecule has 1 saturated heterocycles. The Morgan fingerprint density at radius 2 is 1.72 bits per heavy atom. The molecule has 13 nitrogen and oxygen atoms in total. The van der Waals surface area contributed by atoms with Crippen molar-refractivity contribution in [1.29, 1.82) is 0 Å². The van der Waals surface area contributed by atoms with Crippen molar-refractivity contribution in [1.82, 2.24) is 20.2 Å². The highest BCUT2D eigenvalue weighted by atomic mass is 79.9. The fourth-order valence-corrected chi connectivity index (χ4v) is 4.64. The molecule has 4 rings (SSSR count). The number of anilines is 4. The van der Waals surface area contributed by atoms with Gasteiger partial charge in [-0.2, -0.15) is 9.87 Å². The monoisotopic (exact) mass is 693 g/mol. The molecule has 1 atom stereocenters. The molecule has 0 bridgehead atoms. The van der Waals surface area contributed by atoms with Crippen LogP contribution in [0.3, 0.4) is 0 Å². The first-order valence-corrected chi connectivity index (χ1v) is 15.4. The van der Waals surface area contributed by atoms with Crippen molar-refractivity contribution in [2.75, 3.05) is 35.6 Å². The fourth-order valence-electron chi connectivity index (χ4n) is 4.34. The second kappa shape index (κ2) is 15.9. The highest BCUT2D eigenvalue weighted by molar-refractivity contribution is 9.10. The minimum absolute atomic E-state index is 0.0112. The molecule has 2 heterocycles. The number of amides is 4. The second-order valence-corrected chi connectivity index (χ2v) is 12.2. The number of halogens is 1. The molecule has 0 unspecified atom stereocenters. The third-order valence-corrected chi connectivity index (χ3v) is 6.91. The summed E-state index contributed by atoms with van der Waals surface area (Å²) in [6, 6.07) is 12.8. The number of likely N-dealkylation sites (tertiary alicyclic amines) is 1. The third-order valence-electron chi connectivity index (χ3n) is 6.36. The summed E-state index contributed by atoms with van der Waals surface area (Å²) in [5.41, 5.74) is 1.25. The smallest absolute Gasteiger partial charge is 0.439 e. The Kier molecular flexibility index (Phi) is 11.8. The van der Waals surface area contributed by atoms with Crippen molar-refractivity contribution in [3.63, 3.8) is 0 Å². The number of carbonyl (C=O) groups excluding carboxylic acids is 3. The standard InChI is InChI=1S/C32H36BrN7O6/c1-5-15-44-28-25(33)20-34-29(39-28)36-23-17-22(18-24(19-23)37-30(42)40-13-9-10-14-40)35-27(41)26(16-21-11-7-6-8-12-21)38-31(43)45-46-32(2,3)4/h1,6-8,11-12,17-20,26H,9-10,13-16H2,2-4H3,(H,35,41)(H,37,42)(H,38,43)(H,34,36,39)/t26-/m1/s1. The number of hydrogen-bond donors (Lipinski definition) is 4. The number of hydrogen-bond acceptors (Lipinski definition) is 9. The number of benzene rings is 2. The number of nitrogens with one attached hydrogen (secondary N) is 4. The summed E-state index contributed by atoms with van der Waals surface area (Å²) >= 11 is 3.34. The van der Waals surface area contributed by atoms with Crippen LogP contribution < -0.4 is 26.0 Å². The minimum Gasteiger partial charge on any atom is -0.464 e. The van der Waals surface area contributed by atoms with E-state index in [2.05, 4.69) is 53.1 Å². The van der Waals surface area contributed by atoms with E-state index in [1.165, 1.54) is 6.20 Å². The van der Waals surface area contributed by atoms with Crippen LogP contribution in [0.2, 0.25) is 0 Å². The molecule has 0 aliphatic carbocycles. The SMILES string of the molecule is C#CCOc1nc(Nc2cc(NC(=O)[C@@H](Cc3ccccc3)NC(=O)OOC(C)(C)C)cc(NC(=O)N3CCCC3)c2)ncc1Br. The highest BCUT2D eigenvalue weighted by Gasteiger charge is 2.25. The predicted molar refractivity (Wildman–Crippen MR) is 177 cm³/mol. The molecule has 3 aromatic rings. The molecule has 1 fully saturated rings. The van der Waals surface area contributed by atoms with Gasteiger partial charge in [0.15, 0.2) is 6.61 Å². The molecule has 1 aliphatic rings. The maximum Gasteiger partial charge on any atom is 0.439 e. The summed E-state index contributed by atoms with van der Waals surface area (Å²) in [6.07, 6.45) is 7.92. The maximum atomic E-state index is 13.6. The Morgan fingerprint density at radius 1 is 1.04 bits per heavy atom. The van der Waals surface area contributed by atoms with E-state index in [0.717, 1.165) is 18.4 Å². The number of rotatable bonds is 11. The summed E-state index contributed by atoms with van der Waals surface area (Å²) in [4.78, 5) is 59.5. The van der Waals surface area contributed by atoms with E-state index in [9.17, 15) is 14.4 Å². The molecule has 14 heteroatoms. The fraction of sp³-hybridized carbons (Fsp3) is 0.344. The lowest BCUT2D eigenvalue weighted by atomic mass is 10.1. The zero-order chi connectivity index (χ0) is 33.1. The van der Waals surface area contributed by atoms with E-state index in [1.54, 1.807) is 43.9 Å². The first-order chi connectivity index (χ1) is 22.0. The summed E-state index contributed by atoms with van der Waals surface area (Å²) in [7, 11) is 0. The van der Waals surface area contributed by atoms with Crippen molar-refractivity contribution in [3.05, 3.63) is 64.8 Å². The summed E-state index contributed by atoms with van der Waals surface area (Å²) in [5.74, 6) is 2.27. The molecular weight excluding hydrogens is 658 g/mol. The molecule has 1 aliphatic heterocycles. The van der Waals surface area contributed by atoms with Gasteiger partial charge in [-0.3, -0.25) is 9.68 Å². The Hall–Kier alpha value is -4.87. The van der Waals surface area contributed by atoms with Gasteiger partial charge in [0, 0.05) is 36.6 Å². The Balaban J connectivity index is 1.59. The van der Waals surface area contributed by atoms with Gasteiger partial charge in [-0.25, -0.2) is 14.6 Å². The van der Waals surface area contributed by atoms with Gasteiger partial charge in [0.05, 0.1) is 10.7 Å². The maximum absolute atomic E-state index is 13.6. The molecule has 2 aromatic carbocycles. The molecule has 1 aromatic heterocycles. The van der Waals surface area contributed by atoms with Gasteiger partial charge in [0.25, 0.3) is 0 Å². The number of nitrogens with zero attached hydrogens (tertiary/aromatic N) is 3. The van der Waals surface area contributed by atoms with E-state index in [0.29, 0.717) is 34.6 Å². The summed E-state index contributed by atoms with van der Waals surface area (Å²) in [5, 5.41) is 11.4. The van der Waals surface area contributed by atoms with E-state index in [-0.39, 0.29) is 30.9 Å². The van der Waals surface area contributed by atoms with Gasteiger partial charge < -0.3 is 30.9 Å². The third kappa shape index (κ3) is 10.6.